The maximum Gasteiger partial charge on any atom is 0.133 e. The topological polar surface area (TPSA) is 54.4 Å². The van der Waals surface area contributed by atoms with E-state index in [-0.39, 0.29) is 10.8 Å². The number of rotatable bonds is 2. The Morgan fingerprint density at radius 2 is 1.24 bits per heavy atom. The lowest BCUT2D eigenvalue weighted by Gasteiger charge is -2.43. The van der Waals surface area contributed by atoms with Crippen molar-refractivity contribution in [1.82, 2.24) is 0 Å². The highest BCUT2D eigenvalue weighted by Crippen LogP contribution is 2.51. The van der Waals surface area contributed by atoms with E-state index in [9.17, 15) is 14.7 Å². The van der Waals surface area contributed by atoms with Crippen molar-refractivity contribution >= 4 is 11.6 Å². The highest BCUT2D eigenvalue weighted by Gasteiger charge is 2.46. The van der Waals surface area contributed by atoms with E-state index >= 15 is 0 Å². The zero-order valence-electron chi connectivity index (χ0n) is 23.8. The summed E-state index contributed by atoms with van der Waals surface area (Å²) >= 11 is 0. The van der Waals surface area contributed by atoms with E-state index in [0.717, 1.165) is 64.2 Å². The standard InChI is InChI=1S/C18H24O.C17H22O2/c1-3-18-10-9-16(19)12-15(18)6-4-5-14-11-13(2)7-8-17(14)18;1-2-17-9-8-15(19)11-13(17)5-3-4-12-10-14(18)6-7-16(12)17/h7-8,11,15H,3-6,9-10,12H2,1-2H3;6-7,10,13,18H,2-5,8-9,11H2,1H3/t15-,18+;13-,17+/m00/s1. The Labute approximate surface area is 229 Å². The number of fused-ring (bicyclic) bond motifs is 6. The number of phenolic OH excluding ortho intramolecular Hbond substituents is 1. The maximum atomic E-state index is 11.9. The Balaban J connectivity index is 0.000000155. The van der Waals surface area contributed by atoms with Gasteiger partial charge in [-0.25, -0.2) is 0 Å². The van der Waals surface area contributed by atoms with Gasteiger partial charge in [-0.15, -0.1) is 0 Å². The Morgan fingerprint density at radius 3 is 1.76 bits per heavy atom. The van der Waals surface area contributed by atoms with Crippen LogP contribution in [0.25, 0.3) is 0 Å². The molecule has 4 aliphatic carbocycles. The van der Waals surface area contributed by atoms with Crippen LogP contribution in [0.3, 0.4) is 0 Å². The summed E-state index contributed by atoms with van der Waals surface area (Å²) in [6.45, 7) is 6.76. The predicted octanol–water partition coefficient (Wildman–Crippen LogP) is 8.09. The van der Waals surface area contributed by atoms with E-state index in [1.807, 2.05) is 12.1 Å². The minimum atomic E-state index is 0.174. The number of carbonyl (C=O) groups is 2. The second kappa shape index (κ2) is 11.0. The molecule has 0 aliphatic heterocycles. The highest BCUT2D eigenvalue weighted by molar-refractivity contribution is 5.80. The van der Waals surface area contributed by atoms with Crippen LogP contribution >= 0.6 is 0 Å². The lowest BCUT2D eigenvalue weighted by atomic mass is 9.60. The molecule has 1 N–H and O–H groups in total. The molecule has 0 heterocycles. The second-order valence-corrected chi connectivity index (χ2v) is 12.7. The molecule has 4 atom stereocenters. The number of hydrogen-bond donors (Lipinski definition) is 1. The predicted molar refractivity (Wildman–Crippen MR) is 154 cm³/mol. The van der Waals surface area contributed by atoms with Crippen molar-refractivity contribution in [2.24, 2.45) is 11.8 Å². The van der Waals surface area contributed by atoms with Gasteiger partial charge in [0.25, 0.3) is 0 Å². The minimum Gasteiger partial charge on any atom is -0.508 e. The van der Waals surface area contributed by atoms with Gasteiger partial charge >= 0.3 is 0 Å². The summed E-state index contributed by atoms with van der Waals surface area (Å²) in [5.74, 6) is 2.39. The molecule has 38 heavy (non-hydrogen) atoms. The quantitative estimate of drug-likeness (QED) is 0.440. The van der Waals surface area contributed by atoms with Crippen molar-refractivity contribution in [2.45, 2.75) is 121 Å². The third-order valence-electron chi connectivity index (χ3n) is 10.9. The molecule has 2 aromatic rings. The molecule has 0 radical (unpaired) electrons. The lowest BCUT2D eigenvalue weighted by Crippen LogP contribution is -2.40. The Kier molecular flexibility index (Phi) is 7.85. The summed E-state index contributed by atoms with van der Waals surface area (Å²) in [5, 5.41) is 9.72. The molecule has 2 saturated carbocycles. The van der Waals surface area contributed by atoms with Crippen molar-refractivity contribution in [2.75, 3.05) is 0 Å². The molecule has 2 aromatic carbocycles. The molecular formula is C35H46O3. The lowest BCUT2D eigenvalue weighted by molar-refractivity contribution is -0.124. The van der Waals surface area contributed by atoms with Crippen molar-refractivity contribution in [1.29, 1.82) is 0 Å². The number of aromatic hydroxyl groups is 1. The first-order valence-electron chi connectivity index (χ1n) is 15.3. The molecule has 0 unspecified atom stereocenters. The molecule has 0 aromatic heterocycles. The molecule has 204 valence electrons. The maximum absolute atomic E-state index is 11.9. The molecular weight excluding hydrogens is 468 g/mol. The van der Waals surface area contributed by atoms with Crippen LogP contribution in [0.15, 0.2) is 36.4 Å². The van der Waals surface area contributed by atoms with Crippen molar-refractivity contribution in [3.63, 3.8) is 0 Å². The van der Waals surface area contributed by atoms with Gasteiger partial charge < -0.3 is 5.11 Å². The fourth-order valence-corrected chi connectivity index (χ4v) is 8.82. The van der Waals surface area contributed by atoms with E-state index in [1.165, 1.54) is 42.4 Å². The van der Waals surface area contributed by atoms with Gasteiger partial charge in [0.15, 0.2) is 0 Å². The molecule has 6 rings (SSSR count). The number of Topliss-reactive ketones (excluding diaryl/α,β-unsaturated/α-hetero) is 2. The number of carbonyl (C=O) groups excluding carboxylic acids is 2. The third-order valence-corrected chi connectivity index (χ3v) is 10.9. The molecule has 3 heteroatoms. The number of hydrogen-bond acceptors (Lipinski definition) is 3. The first-order chi connectivity index (χ1) is 18.3. The first kappa shape index (κ1) is 27.2. The van der Waals surface area contributed by atoms with Crippen molar-refractivity contribution < 1.29 is 14.7 Å². The number of ketones is 2. The van der Waals surface area contributed by atoms with Crippen molar-refractivity contribution in [3.8, 4) is 5.75 Å². The average molecular weight is 515 g/mol. The van der Waals surface area contributed by atoms with Gasteiger partial charge in [0.1, 0.15) is 17.3 Å². The average Bonchev–Trinajstić information content (AvgIpc) is 3.16. The molecule has 4 aliphatic rings. The van der Waals surface area contributed by atoms with Gasteiger partial charge in [-0.2, -0.15) is 0 Å². The minimum absolute atomic E-state index is 0.174. The van der Waals surface area contributed by atoms with E-state index in [1.54, 1.807) is 11.1 Å². The summed E-state index contributed by atoms with van der Waals surface area (Å²) in [6, 6.07) is 12.9. The first-order valence-corrected chi connectivity index (χ1v) is 15.3. The number of aryl methyl sites for hydroxylation is 3. The van der Waals surface area contributed by atoms with Crippen LogP contribution in [-0.4, -0.2) is 16.7 Å². The molecule has 0 amide bonds. The summed E-state index contributed by atoms with van der Waals surface area (Å²) in [5.41, 5.74) is 7.66. The third kappa shape index (κ3) is 4.87. The summed E-state index contributed by atoms with van der Waals surface area (Å²) in [7, 11) is 0. The fraction of sp³-hybridized carbons (Fsp3) is 0.600. The Bertz CT molecular complexity index is 1100. The summed E-state index contributed by atoms with van der Waals surface area (Å²) in [4.78, 5) is 23.7. The van der Waals surface area contributed by atoms with Crippen LogP contribution in [0, 0.1) is 18.8 Å². The van der Waals surface area contributed by atoms with E-state index in [4.69, 9.17) is 0 Å². The van der Waals surface area contributed by atoms with E-state index < -0.39 is 0 Å². The van der Waals surface area contributed by atoms with Crippen LogP contribution in [0.1, 0.15) is 119 Å². The van der Waals surface area contributed by atoms with E-state index in [2.05, 4.69) is 45.0 Å². The zero-order chi connectivity index (χ0) is 26.9. The largest absolute Gasteiger partial charge is 0.508 e. The van der Waals surface area contributed by atoms with Crippen LogP contribution in [0.2, 0.25) is 0 Å². The number of benzene rings is 2. The molecule has 0 spiro atoms. The summed E-state index contributed by atoms with van der Waals surface area (Å²) < 4.78 is 0. The number of phenols is 1. The SMILES string of the molecule is CC[C@@]12CCC(=O)C[C@@H]1CCCc1cc(C)ccc12.CC[C@@]12CCC(=O)C[C@@H]1CCCc1cc(O)ccc12. The molecule has 3 nitrogen and oxygen atoms in total. The van der Waals surface area contributed by atoms with Gasteiger partial charge in [-0.1, -0.05) is 43.7 Å². The van der Waals surface area contributed by atoms with Crippen LogP contribution in [0.4, 0.5) is 0 Å². The molecule has 0 saturated heterocycles. The highest BCUT2D eigenvalue weighted by atomic mass is 16.3. The monoisotopic (exact) mass is 514 g/mol. The van der Waals surface area contributed by atoms with Crippen molar-refractivity contribution in [3.05, 3.63) is 64.2 Å². The second-order valence-electron chi connectivity index (χ2n) is 12.7. The van der Waals surface area contributed by atoms with Gasteiger partial charge in [0, 0.05) is 25.7 Å². The van der Waals surface area contributed by atoms with Crippen LogP contribution < -0.4 is 0 Å². The normalized spacial score (nSPS) is 30.4. The Hall–Kier alpha value is -2.42. The molecule has 0 bridgehead atoms. The van der Waals surface area contributed by atoms with Gasteiger partial charge in [-0.3, -0.25) is 9.59 Å². The van der Waals surface area contributed by atoms with Crippen LogP contribution in [-0.2, 0) is 33.3 Å². The zero-order valence-corrected chi connectivity index (χ0v) is 23.8. The Morgan fingerprint density at radius 1 is 0.737 bits per heavy atom. The molecule has 2 fully saturated rings. The van der Waals surface area contributed by atoms with Gasteiger partial charge in [-0.05, 0) is 128 Å². The summed E-state index contributed by atoms with van der Waals surface area (Å²) in [6.07, 6.45) is 14.4. The van der Waals surface area contributed by atoms with Gasteiger partial charge in [0.05, 0.1) is 0 Å². The van der Waals surface area contributed by atoms with E-state index in [0.29, 0.717) is 29.2 Å². The smallest absolute Gasteiger partial charge is 0.133 e. The fourth-order valence-electron chi connectivity index (χ4n) is 8.82. The van der Waals surface area contributed by atoms with Gasteiger partial charge in [0.2, 0.25) is 0 Å². The van der Waals surface area contributed by atoms with Crippen LogP contribution in [0.5, 0.6) is 5.75 Å².